The molecule has 140 valence electrons. The van der Waals surface area contributed by atoms with E-state index in [0.717, 1.165) is 5.56 Å². The lowest BCUT2D eigenvalue weighted by atomic mass is 10.0. The van der Waals surface area contributed by atoms with Crippen molar-refractivity contribution in [2.45, 2.75) is 26.7 Å². The summed E-state index contributed by atoms with van der Waals surface area (Å²) in [7, 11) is 1.36. The average molecular weight is 369 g/mol. The number of nitrogens with zero attached hydrogens (tertiary/aromatic N) is 5. The maximum Gasteiger partial charge on any atom is 0.250 e. The van der Waals surface area contributed by atoms with Gasteiger partial charge < -0.3 is 15.8 Å². The van der Waals surface area contributed by atoms with Crippen LogP contribution in [0.25, 0.3) is 11.4 Å². The maximum absolute atomic E-state index is 14.0. The fraction of sp³-hybridized carbons (Fsp3) is 0.278. The Morgan fingerprint density at radius 2 is 1.89 bits per heavy atom. The second-order valence-corrected chi connectivity index (χ2v) is 6.22. The number of aromatic nitrogens is 5. The third kappa shape index (κ3) is 4.08. The van der Waals surface area contributed by atoms with E-state index < -0.39 is 5.82 Å². The van der Waals surface area contributed by atoms with Gasteiger partial charge in [0.1, 0.15) is 11.6 Å². The first-order valence-corrected chi connectivity index (χ1v) is 8.32. The number of hydrogen-bond donors (Lipinski definition) is 2. The van der Waals surface area contributed by atoms with E-state index in [0.29, 0.717) is 28.7 Å². The van der Waals surface area contributed by atoms with Gasteiger partial charge in [-0.25, -0.2) is 19.3 Å². The number of methoxy groups -OCH3 is 1. The Balaban J connectivity index is 2.08. The third-order valence-electron chi connectivity index (χ3n) is 3.84. The van der Waals surface area contributed by atoms with Crippen LogP contribution in [0, 0.1) is 12.7 Å². The van der Waals surface area contributed by atoms with Crippen LogP contribution in [0.5, 0.6) is 5.88 Å². The molecule has 0 aromatic carbocycles. The quantitative estimate of drug-likeness (QED) is 0.705. The zero-order chi connectivity index (χ0) is 19.6. The first kappa shape index (κ1) is 18.4. The summed E-state index contributed by atoms with van der Waals surface area (Å²) in [6.07, 6.45) is 3.21. The van der Waals surface area contributed by atoms with E-state index >= 15 is 0 Å². The summed E-state index contributed by atoms with van der Waals surface area (Å²) in [6.45, 7) is 5.85. The number of aryl methyl sites for hydroxylation is 1. The molecule has 3 N–H and O–H groups in total. The summed E-state index contributed by atoms with van der Waals surface area (Å²) < 4.78 is 18.8. The Kier molecular flexibility index (Phi) is 5.11. The smallest absolute Gasteiger partial charge is 0.250 e. The van der Waals surface area contributed by atoms with Gasteiger partial charge in [0.05, 0.1) is 24.6 Å². The zero-order valence-electron chi connectivity index (χ0n) is 15.5. The van der Waals surface area contributed by atoms with Gasteiger partial charge >= 0.3 is 0 Å². The van der Waals surface area contributed by atoms with Crippen LogP contribution in [0.3, 0.4) is 0 Å². The van der Waals surface area contributed by atoms with Crippen LogP contribution >= 0.6 is 0 Å². The number of nitrogens with two attached hydrogens (primary N) is 1. The molecule has 0 unspecified atom stereocenters. The van der Waals surface area contributed by atoms with Gasteiger partial charge in [0.2, 0.25) is 11.8 Å². The molecule has 0 radical (unpaired) electrons. The summed E-state index contributed by atoms with van der Waals surface area (Å²) in [4.78, 5) is 21.0. The molecule has 0 fully saturated rings. The number of rotatable bonds is 5. The molecule has 3 aromatic heterocycles. The third-order valence-corrected chi connectivity index (χ3v) is 3.84. The van der Waals surface area contributed by atoms with Crippen LogP contribution in [0.2, 0.25) is 0 Å². The standard InChI is InChI=1S/C18H20FN7O/c1-9(2)11-5-13(16-23-10(3)24-18(20)26-16)15(21-7-11)25-12-6-14(19)17(27-4)22-8-12/h5-9H,1-4H3,(H,21,25)(H2,20,23,24,26). The molecular weight excluding hydrogens is 349 g/mol. The fourth-order valence-corrected chi connectivity index (χ4v) is 2.47. The molecule has 0 saturated carbocycles. The van der Waals surface area contributed by atoms with Gasteiger partial charge in [0.15, 0.2) is 11.6 Å². The van der Waals surface area contributed by atoms with E-state index in [1.54, 1.807) is 13.1 Å². The Labute approximate surface area is 156 Å². The largest absolute Gasteiger partial charge is 0.479 e. The number of halogens is 1. The van der Waals surface area contributed by atoms with Crippen molar-refractivity contribution in [2.24, 2.45) is 0 Å². The molecule has 8 nitrogen and oxygen atoms in total. The normalized spacial score (nSPS) is 10.9. The highest BCUT2D eigenvalue weighted by atomic mass is 19.1. The van der Waals surface area contributed by atoms with Crippen LogP contribution in [-0.4, -0.2) is 32.0 Å². The Morgan fingerprint density at radius 1 is 1.11 bits per heavy atom. The molecule has 0 spiro atoms. The van der Waals surface area contributed by atoms with Crippen LogP contribution in [0.15, 0.2) is 24.5 Å². The molecule has 0 saturated heterocycles. The van der Waals surface area contributed by atoms with E-state index in [9.17, 15) is 4.39 Å². The maximum atomic E-state index is 14.0. The summed E-state index contributed by atoms with van der Waals surface area (Å²) >= 11 is 0. The molecule has 0 atom stereocenters. The lowest BCUT2D eigenvalue weighted by Gasteiger charge is -2.14. The Bertz CT molecular complexity index is 958. The van der Waals surface area contributed by atoms with E-state index in [-0.39, 0.29) is 17.7 Å². The van der Waals surface area contributed by atoms with Gasteiger partial charge in [0.25, 0.3) is 0 Å². The summed E-state index contributed by atoms with van der Waals surface area (Å²) in [5.74, 6) is 1.06. The Hall–Kier alpha value is -3.36. The van der Waals surface area contributed by atoms with Gasteiger partial charge in [-0.3, -0.25) is 0 Å². The van der Waals surface area contributed by atoms with Crippen LogP contribution in [-0.2, 0) is 0 Å². The minimum Gasteiger partial charge on any atom is -0.479 e. The number of pyridine rings is 2. The molecule has 3 heterocycles. The predicted molar refractivity (Wildman–Crippen MR) is 100 cm³/mol. The number of anilines is 3. The summed E-state index contributed by atoms with van der Waals surface area (Å²) in [6, 6.07) is 3.21. The SMILES string of the molecule is COc1ncc(Nc2ncc(C(C)C)cc2-c2nc(C)nc(N)n2)cc1F. The van der Waals surface area contributed by atoms with Crippen molar-refractivity contribution in [3.8, 4) is 17.3 Å². The molecule has 0 bridgehead atoms. The summed E-state index contributed by atoms with van der Waals surface area (Å²) in [5.41, 5.74) is 7.83. The highest BCUT2D eigenvalue weighted by Gasteiger charge is 2.15. The molecule has 0 aliphatic rings. The van der Waals surface area contributed by atoms with Crippen LogP contribution < -0.4 is 15.8 Å². The van der Waals surface area contributed by atoms with Gasteiger partial charge in [-0.05, 0) is 24.5 Å². The van der Waals surface area contributed by atoms with Crippen molar-refractivity contribution < 1.29 is 9.13 Å². The monoisotopic (exact) mass is 369 g/mol. The number of ether oxygens (including phenoxy) is 1. The second-order valence-electron chi connectivity index (χ2n) is 6.22. The Morgan fingerprint density at radius 3 is 2.52 bits per heavy atom. The molecule has 0 amide bonds. The minimum absolute atomic E-state index is 0.0789. The highest BCUT2D eigenvalue weighted by molar-refractivity contribution is 5.75. The fourth-order valence-electron chi connectivity index (χ4n) is 2.47. The van der Waals surface area contributed by atoms with Crippen molar-refractivity contribution in [1.29, 1.82) is 0 Å². The molecule has 3 rings (SSSR count). The molecular formula is C18H20FN7O. The molecule has 0 aliphatic carbocycles. The van der Waals surface area contributed by atoms with Crippen molar-refractivity contribution in [3.63, 3.8) is 0 Å². The minimum atomic E-state index is -0.580. The van der Waals surface area contributed by atoms with Crippen LogP contribution in [0.4, 0.5) is 21.8 Å². The second kappa shape index (κ2) is 7.48. The predicted octanol–water partition coefficient (Wildman–Crippen LogP) is 3.23. The summed E-state index contributed by atoms with van der Waals surface area (Å²) in [5, 5.41) is 3.06. The van der Waals surface area contributed by atoms with E-state index in [2.05, 4.69) is 44.1 Å². The van der Waals surface area contributed by atoms with Crippen molar-refractivity contribution in [2.75, 3.05) is 18.2 Å². The van der Waals surface area contributed by atoms with Gasteiger partial charge in [-0.2, -0.15) is 9.97 Å². The van der Waals surface area contributed by atoms with E-state index in [1.807, 2.05) is 6.07 Å². The lowest BCUT2D eigenvalue weighted by molar-refractivity contribution is 0.369. The zero-order valence-corrected chi connectivity index (χ0v) is 15.5. The highest BCUT2D eigenvalue weighted by Crippen LogP contribution is 2.30. The first-order valence-electron chi connectivity index (χ1n) is 8.32. The van der Waals surface area contributed by atoms with Gasteiger partial charge in [0, 0.05) is 12.3 Å². The average Bonchev–Trinajstić information content (AvgIpc) is 2.61. The van der Waals surface area contributed by atoms with Crippen molar-refractivity contribution >= 4 is 17.5 Å². The van der Waals surface area contributed by atoms with E-state index in [1.165, 1.54) is 19.4 Å². The van der Waals surface area contributed by atoms with Gasteiger partial charge in [-0.15, -0.1) is 0 Å². The van der Waals surface area contributed by atoms with Crippen molar-refractivity contribution in [3.05, 3.63) is 41.7 Å². The van der Waals surface area contributed by atoms with Crippen LogP contribution in [0.1, 0.15) is 31.2 Å². The molecule has 9 heteroatoms. The lowest BCUT2D eigenvalue weighted by Crippen LogP contribution is -2.06. The number of nitrogen functional groups attached to an aromatic ring is 1. The number of nitrogens with one attached hydrogen (secondary N) is 1. The first-order chi connectivity index (χ1) is 12.9. The topological polar surface area (TPSA) is 112 Å². The molecule has 3 aromatic rings. The van der Waals surface area contributed by atoms with Crippen molar-refractivity contribution in [1.82, 2.24) is 24.9 Å². The van der Waals surface area contributed by atoms with E-state index in [4.69, 9.17) is 10.5 Å². The van der Waals surface area contributed by atoms with Gasteiger partial charge in [-0.1, -0.05) is 13.8 Å². The number of hydrogen-bond acceptors (Lipinski definition) is 8. The molecule has 0 aliphatic heterocycles. The molecule has 27 heavy (non-hydrogen) atoms.